The minimum absolute atomic E-state index is 0.312. The van der Waals surface area contributed by atoms with E-state index in [1.807, 2.05) is 48.5 Å². The lowest BCUT2D eigenvalue weighted by Gasteiger charge is -2.06. The first kappa shape index (κ1) is 14.5. The fraction of sp³-hybridized carbons (Fsp3) is 0.0455. The van der Waals surface area contributed by atoms with Crippen LogP contribution in [0.15, 0.2) is 72.8 Å². The molecule has 0 bridgehead atoms. The van der Waals surface area contributed by atoms with E-state index in [0.29, 0.717) is 5.56 Å². The first-order chi connectivity index (χ1) is 11.8. The molecule has 0 saturated heterocycles. The van der Waals surface area contributed by atoms with Gasteiger partial charge in [0.1, 0.15) is 0 Å². The zero-order chi connectivity index (χ0) is 16.5. The first-order valence-corrected chi connectivity index (χ1v) is 7.87. The third-order valence-corrected chi connectivity index (χ3v) is 4.35. The summed E-state index contributed by atoms with van der Waals surface area (Å²) in [5, 5.41) is 0. The van der Waals surface area contributed by atoms with Gasteiger partial charge in [0.2, 0.25) is 0 Å². The molecule has 4 rings (SSSR count). The van der Waals surface area contributed by atoms with E-state index in [1.54, 1.807) is 0 Å². The Hall–Kier alpha value is -3.13. The van der Waals surface area contributed by atoms with Crippen molar-refractivity contribution >= 4 is 17.6 Å². The Morgan fingerprint density at radius 2 is 1.46 bits per heavy atom. The summed E-state index contributed by atoms with van der Waals surface area (Å²) >= 11 is 0. The van der Waals surface area contributed by atoms with Crippen molar-refractivity contribution in [1.29, 1.82) is 0 Å². The van der Waals surface area contributed by atoms with E-state index in [-0.39, 0.29) is 5.97 Å². The summed E-state index contributed by atoms with van der Waals surface area (Å²) in [5.74, 6) is -0.312. The minimum atomic E-state index is -0.312. The molecule has 1 aliphatic rings. The lowest BCUT2D eigenvalue weighted by Crippen LogP contribution is -2.01. The number of fused-ring (bicyclic) bond motifs is 3. The number of carbonyl (C=O) groups is 1. The molecular weight excluding hydrogens is 296 g/mol. The van der Waals surface area contributed by atoms with Crippen molar-refractivity contribution in [1.82, 2.24) is 0 Å². The molecule has 0 aliphatic heterocycles. The summed E-state index contributed by atoms with van der Waals surface area (Å²) in [6, 6.07) is 24.3. The minimum Gasteiger partial charge on any atom is -0.465 e. The number of esters is 1. The molecule has 0 fully saturated rings. The molecule has 0 aromatic heterocycles. The molecular formula is C22H16O2. The van der Waals surface area contributed by atoms with E-state index in [4.69, 9.17) is 4.74 Å². The topological polar surface area (TPSA) is 26.3 Å². The fourth-order valence-corrected chi connectivity index (χ4v) is 3.22. The fourth-order valence-electron chi connectivity index (χ4n) is 3.22. The molecule has 0 heterocycles. The first-order valence-electron chi connectivity index (χ1n) is 7.87. The molecule has 0 amide bonds. The quantitative estimate of drug-likeness (QED) is 0.485. The molecule has 3 aromatic rings. The van der Waals surface area contributed by atoms with Crippen molar-refractivity contribution in [2.24, 2.45) is 0 Å². The highest BCUT2D eigenvalue weighted by Crippen LogP contribution is 2.45. The Morgan fingerprint density at radius 3 is 2.21 bits per heavy atom. The second-order valence-corrected chi connectivity index (χ2v) is 5.77. The third-order valence-electron chi connectivity index (χ3n) is 4.35. The average molecular weight is 312 g/mol. The highest BCUT2D eigenvalue weighted by atomic mass is 16.5. The second-order valence-electron chi connectivity index (χ2n) is 5.77. The van der Waals surface area contributed by atoms with Gasteiger partial charge in [-0.3, -0.25) is 0 Å². The van der Waals surface area contributed by atoms with Gasteiger partial charge in [0.05, 0.1) is 12.7 Å². The van der Waals surface area contributed by atoms with E-state index in [9.17, 15) is 4.79 Å². The number of methoxy groups -OCH3 is 1. The smallest absolute Gasteiger partial charge is 0.337 e. The Labute approximate surface area is 141 Å². The van der Waals surface area contributed by atoms with Crippen LogP contribution in [0.4, 0.5) is 0 Å². The molecule has 0 saturated carbocycles. The molecule has 24 heavy (non-hydrogen) atoms. The molecule has 3 aromatic carbocycles. The van der Waals surface area contributed by atoms with Crippen LogP contribution in [-0.4, -0.2) is 13.1 Å². The number of rotatable bonds is 2. The number of benzene rings is 3. The standard InChI is InChI=1S/C22H16O2/c1-24-22(23)16-11-12-19-17-9-5-6-10-18(17)20(21(19)14-16)13-15-7-3-2-4-8-15/h2-14H,1H3/b20-13+. The van der Waals surface area contributed by atoms with Gasteiger partial charge in [0.15, 0.2) is 0 Å². The Morgan fingerprint density at radius 1 is 0.792 bits per heavy atom. The van der Waals surface area contributed by atoms with Gasteiger partial charge in [0.25, 0.3) is 0 Å². The van der Waals surface area contributed by atoms with Gasteiger partial charge in [0, 0.05) is 0 Å². The van der Waals surface area contributed by atoms with E-state index in [2.05, 4.69) is 30.3 Å². The molecule has 2 heteroatoms. The summed E-state index contributed by atoms with van der Waals surface area (Å²) in [7, 11) is 1.41. The second kappa shape index (κ2) is 5.82. The van der Waals surface area contributed by atoms with Crippen LogP contribution < -0.4 is 0 Å². The van der Waals surface area contributed by atoms with Gasteiger partial charge in [-0.1, -0.05) is 60.7 Å². The van der Waals surface area contributed by atoms with Crippen LogP contribution in [0.3, 0.4) is 0 Å². The largest absolute Gasteiger partial charge is 0.465 e. The molecule has 0 spiro atoms. The molecule has 0 unspecified atom stereocenters. The van der Waals surface area contributed by atoms with Crippen LogP contribution in [-0.2, 0) is 4.74 Å². The predicted octanol–water partition coefficient (Wildman–Crippen LogP) is 5.04. The summed E-state index contributed by atoms with van der Waals surface area (Å²) in [4.78, 5) is 11.9. The Kier molecular flexibility index (Phi) is 3.51. The number of hydrogen-bond acceptors (Lipinski definition) is 2. The molecule has 116 valence electrons. The summed E-state index contributed by atoms with van der Waals surface area (Å²) in [6.07, 6.45) is 2.17. The van der Waals surface area contributed by atoms with Crippen molar-refractivity contribution in [3.05, 3.63) is 95.1 Å². The lowest BCUT2D eigenvalue weighted by molar-refractivity contribution is 0.0600. The van der Waals surface area contributed by atoms with Gasteiger partial charge >= 0.3 is 5.97 Å². The van der Waals surface area contributed by atoms with Crippen LogP contribution in [0, 0.1) is 0 Å². The van der Waals surface area contributed by atoms with E-state index in [1.165, 1.54) is 18.2 Å². The molecule has 0 radical (unpaired) electrons. The van der Waals surface area contributed by atoms with Gasteiger partial charge in [-0.25, -0.2) is 4.79 Å². The summed E-state index contributed by atoms with van der Waals surface area (Å²) in [5.41, 5.74) is 7.46. The number of hydrogen-bond donors (Lipinski definition) is 0. The normalized spacial score (nSPS) is 13.5. The van der Waals surface area contributed by atoms with Crippen LogP contribution >= 0.6 is 0 Å². The third kappa shape index (κ3) is 2.33. The average Bonchev–Trinajstić information content (AvgIpc) is 2.95. The Balaban J connectivity index is 1.94. The van der Waals surface area contributed by atoms with Crippen molar-refractivity contribution in [2.75, 3.05) is 7.11 Å². The lowest BCUT2D eigenvalue weighted by atomic mass is 9.99. The van der Waals surface area contributed by atoms with Crippen molar-refractivity contribution in [3.63, 3.8) is 0 Å². The van der Waals surface area contributed by atoms with E-state index in [0.717, 1.165) is 22.3 Å². The number of carbonyl (C=O) groups excluding carboxylic acids is 1. The molecule has 1 aliphatic carbocycles. The van der Waals surface area contributed by atoms with E-state index >= 15 is 0 Å². The van der Waals surface area contributed by atoms with Gasteiger partial charge in [-0.15, -0.1) is 0 Å². The van der Waals surface area contributed by atoms with Crippen LogP contribution in [0.5, 0.6) is 0 Å². The van der Waals surface area contributed by atoms with E-state index < -0.39 is 0 Å². The van der Waals surface area contributed by atoms with Crippen LogP contribution in [0.1, 0.15) is 27.0 Å². The molecule has 0 N–H and O–H groups in total. The monoisotopic (exact) mass is 312 g/mol. The van der Waals surface area contributed by atoms with Gasteiger partial charge in [-0.2, -0.15) is 0 Å². The zero-order valence-corrected chi connectivity index (χ0v) is 13.3. The zero-order valence-electron chi connectivity index (χ0n) is 13.3. The molecule has 0 atom stereocenters. The summed E-state index contributed by atoms with van der Waals surface area (Å²) in [6.45, 7) is 0. The maximum atomic E-state index is 11.9. The van der Waals surface area contributed by atoms with Gasteiger partial charge in [-0.05, 0) is 51.6 Å². The molecule has 2 nitrogen and oxygen atoms in total. The Bertz CT molecular complexity index is 953. The summed E-state index contributed by atoms with van der Waals surface area (Å²) < 4.78 is 4.87. The van der Waals surface area contributed by atoms with Crippen LogP contribution in [0.25, 0.3) is 22.8 Å². The highest BCUT2D eigenvalue weighted by Gasteiger charge is 2.24. The highest BCUT2D eigenvalue weighted by molar-refractivity contribution is 6.07. The SMILES string of the molecule is COC(=O)c1ccc2c(c1)/C(=C/c1ccccc1)c1ccccc1-2. The maximum absolute atomic E-state index is 11.9. The van der Waals surface area contributed by atoms with Gasteiger partial charge < -0.3 is 4.74 Å². The predicted molar refractivity (Wildman–Crippen MR) is 96.6 cm³/mol. The van der Waals surface area contributed by atoms with Crippen molar-refractivity contribution in [3.8, 4) is 11.1 Å². The number of ether oxygens (including phenoxy) is 1. The maximum Gasteiger partial charge on any atom is 0.337 e. The van der Waals surface area contributed by atoms with Crippen molar-refractivity contribution in [2.45, 2.75) is 0 Å². The van der Waals surface area contributed by atoms with Crippen molar-refractivity contribution < 1.29 is 9.53 Å². The van der Waals surface area contributed by atoms with Crippen LogP contribution in [0.2, 0.25) is 0 Å².